The fourth-order valence-electron chi connectivity index (χ4n) is 3.11. The third-order valence-corrected chi connectivity index (χ3v) is 4.91. The number of rotatable bonds is 7. The van der Waals surface area contributed by atoms with E-state index in [1.807, 2.05) is 0 Å². The minimum Gasteiger partial charge on any atom is -0.396 e. The van der Waals surface area contributed by atoms with E-state index in [0.717, 1.165) is 38.9 Å². The van der Waals surface area contributed by atoms with E-state index in [1.165, 1.54) is 12.8 Å². The highest BCUT2D eigenvalue weighted by molar-refractivity contribution is 5.76. The summed E-state index contributed by atoms with van der Waals surface area (Å²) in [5, 5.41) is 15.5. The third-order valence-electron chi connectivity index (χ3n) is 4.91. The Morgan fingerprint density at radius 1 is 1.53 bits per heavy atom. The standard InChI is InChI=1S/C15H28N2O2/c1-12(13-3-2-7-16-10-13)9-14(19)17-11-15(4-5-15)6-8-18/h12-13,16,18H,2-11H2,1H3,(H,17,19). The van der Waals surface area contributed by atoms with Gasteiger partial charge in [0.05, 0.1) is 0 Å². The zero-order valence-corrected chi connectivity index (χ0v) is 12.1. The lowest BCUT2D eigenvalue weighted by Crippen LogP contribution is -2.36. The van der Waals surface area contributed by atoms with Crippen LogP contribution in [0.25, 0.3) is 0 Å². The number of nitrogens with one attached hydrogen (secondary N) is 2. The average Bonchev–Trinajstić information content (AvgIpc) is 3.18. The Bertz CT molecular complexity index is 297. The molecule has 0 spiro atoms. The van der Waals surface area contributed by atoms with Crippen molar-refractivity contribution in [1.82, 2.24) is 10.6 Å². The van der Waals surface area contributed by atoms with Crippen LogP contribution in [-0.2, 0) is 4.79 Å². The monoisotopic (exact) mass is 268 g/mol. The number of aliphatic hydroxyl groups excluding tert-OH is 1. The molecule has 1 aliphatic heterocycles. The van der Waals surface area contributed by atoms with Crippen molar-refractivity contribution in [3.63, 3.8) is 0 Å². The molecule has 2 aliphatic rings. The van der Waals surface area contributed by atoms with Gasteiger partial charge >= 0.3 is 0 Å². The molecule has 3 N–H and O–H groups in total. The molecule has 2 unspecified atom stereocenters. The van der Waals surface area contributed by atoms with Crippen molar-refractivity contribution in [2.75, 3.05) is 26.2 Å². The molecule has 4 nitrogen and oxygen atoms in total. The van der Waals surface area contributed by atoms with Crippen molar-refractivity contribution >= 4 is 5.91 Å². The molecular weight excluding hydrogens is 240 g/mol. The molecule has 0 aromatic carbocycles. The molecule has 2 fully saturated rings. The number of aliphatic hydroxyl groups is 1. The lowest BCUT2D eigenvalue weighted by Gasteiger charge is -2.28. The van der Waals surface area contributed by atoms with Crippen LogP contribution in [0.5, 0.6) is 0 Å². The number of hydrogen-bond donors (Lipinski definition) is 3. The number of piperidine rings is 1. The molecule has 0 bridgehead atoms. The highest BCUT2D eigenvalue weighted by Gasteiger charge is 2.41. The Labute approximate surface area is 116 Å². The predicted octanol–water partition coefficient (Wildman–Crippen LogP) is 1.29. The summed E-state index contributed by atoms with van der Waals surface area (Å²) < 4.78 is 0. The van der Waals surface area contributed by atoms with Gasteiger partial charge in [-0.2, -0.15) is 0 Å². The van der Waals surface area contributed by atoms with Crippen LogP contribution < -0.4 is 10.6 Å². The van der Waals surface area contributed by atoms with Crippen molar-refractivity contribution in [3.05, 3.63) is 0 Å². The van der Waals surface area contributed by atoms with Gasteiger partial charge in [-0.05, 0) is 62.4 Å². The van der Waals surface area contributed by atoms with Crippen molar-refractivity contribution in [2.24, 2.45) is 17.3 Å². The maximum absolute atomic E-state index is 12.0. The summed E-state index contributed by atoms with van der Waals surface area (Å²) in [6.07, 6.45) is 6.24. The topological polar surface area (TPSA) is 61.4 Å². The van der Waals surface area contributed by atoms with Crippen molar-refractivity contribution in [1.29, 1.82) is 0 Å². The molecule has 1 heterocycles. The molecule has 0 radical (unpaired) electrons. The molecule has 1 amide bonds. The smallest absolute Gasteiger partial charge is 0.220 e. The van der Waals surface area contributed by atoms with Gasteiger partial charge in [0.25, 0.3) is 0 Å². The van der Waals surface area contributed by atoms with Crippen molar-refractivity contribution in [2.45, 2.75) is 45.4 Å². The molecule has 1 saturated heterocycles. The van der Waals surface area contributed by atoms with E-state index in [-0.39, 0.29) is 17.9 Å². The Hall–Kier alpha value is -0.610. The minimum atomic E-state index is 0.183. The third kappa shape index (κ3) is 4.46. The molecule has 0 aromatic heterocycles. The quantitative estimate of drug-likeness (QED) is 0.652. The van der Waals surface area contributed by atoms with Gasteiger partial charge in [-0.3, -0.25) is 4.79 Å². The lowest BCUT2D eigenvalue weighted by molar-refractivity contribution is -0.122. The van der Waals surface area contributed by atoms with Crippen LogP contribution in [0.3, 0.4) is 0 Å². The first-order chi connectivity index (χ1) is 9.15. The lowest BCUT2D eigenvalue weighted by atomic mass is 9.85. The average molecular weight is 268 g/mol. The largest absolute Gasteiger partial charge is 0.396 e. The van der Waals surface area contributed by atoms with E-state index in [2.05, 4.69) is 17.6 Å². The van der Waals surface area contributed by atoms with Crippen LogP contribution >= 0.6 is 0 Å². The fraction of sp³-hybridized carbons (Fsp3) is 0.933. The number of hydrogen-bond acceptors (Lipinski definition) is 3. The van der Waals surface area contributed by atoms with Crippen LogP contribution in [0, 0.1) is 17.3 Å². The summed E-state index contributed by atoms with van der Waals surface area (Å²) >= 11 is 0. The predicted molar refractivity (Wildman–Crippen MR) is 75.8 cm³/mol. The van der Waals surface area contributed by atoms with Gasteiger partial charge in [-0.25, -0.2) is 0 Å². The number of carbonyl (C=O) groups is 1. The molecule has 1 saturated carbocycles. The molecule has 110 valence electrons. The first-order valence-electron chi connectivity index (χ1n) is 7.73. The summed E-state index contributed by atoms with van der Waals surface area (Å²) in [6.45, 7) is 5.36. The van der Waals surface area contributed by atoms with Gasteiger partial charge in [0.2, 0.25) is 5.91 Å². The second-order valence-electron chi connectivity index (χ2n) is 6.54. The van der Waals surface area contributed by atoms with Crippen molar-refractivity contribution < 1.29 is 9.90 Å². The summed E-state index contributed by atoms with van der Waals surface area (Å²) in [6, 6.07) is 0. The van der Waals surface area contributed by atoms with Crippen LogP contribution in [-0.4, -0.2) is 37.3 Å². The highest BCUT2D eigenvalue weighted by atomic mass is 16.3. The first kappa shape index (κ1) is 14.8. The SMILES string of the molecule is CC(CC(=O)NCC1(CCO)CC1)C1CCCNC1. The fourth-order valence-corrected chi connectivity index (χ4v) is 3.11. The zero-order chi connectivity index (χ0) is 13.7. The minimum absolute atomic E-state index is 0.183. The van der Waals surface area contributed by atoms with E-state index >= 15 is 0 Å². The Balaban J connectivity index is 1.66. The Kier molecular flexibility index (Phi) is 5.22. The summed E-state index contributed by atoms with van der Waals surface area (Å²) in [7, 11) is 0. The number of amides is 1. The van der Waals surface area contributed by atoms with E-state index in [1.54, 1.807) is 0 Å². The van der Waals surface area contributed by atoms with Crippen LogP contribution in [0.15, 0.2) is 0 Å². The molecule has 19 heavy (non-hydrogen) atoms. The van der Waals surface area contributed by atoms with Gasteiger partial charge in [-0.15, -0.1) is 0 Å². The summed E-state index contributed by atoms with van der Waals surface area (Å²) in [5.41, 5.74) is 0.222. The molecule has 2 rings (SSSR count). The van der Waals surface area contributed by atoms with Crippen LogP contribution in [0.4, 0.5) is 0 Å². The second-order valence-corrected chi connectivity index (χ2v) is 6.54. The van der Waals surface area contributed by atoms with Gasteiger partial charge in [0.1, 0.15) is 0 Å². The first-order valence-corrected chi connectivity index (χ1v) is 7.73. The molecule has 4 heteroatoms. The molecule has 1 aliphatic carbocycles. The van der Waals surface area contributed by atoms with Crippen LogP contribution in [0.1, 0.15) is 45.4 Å². The Morgan fingerprint density at radius 2 is 2.32 bits per heavy atom. The maximum Gasteiger partial charge on any atom is 0.220 e. The highest BCUT2D eigenvalue weighted by Crippen LogP contribution is 2.47. The molecular formula is C15H28N2O2. The van der Waals surface area contributed by atoms with Gasteiger partial charge < -0.3 is 15.7 Å². The van der Waals surface area contributed by atoms with Crippen molar-refractivity contribution in [3.8, 4) is 0 Å². The van der Waals surface area contributed by atoms with E-state index < -0.39 is 0 Å². The summed E-state index contributed by atoms with van der Waals surface area (Å²) in [5.74, 6) is 1.29. The van der Waals surface area contributed by atoms with Gasteiger partial charge in [0.15, 0.2) is 0 Å². The summed E-state index contributed by atoms with van der Waals surface area (Å²) in [4.78, 5) is 12.0. The maximum atomic E-state index is 12.0. The van der Waals surface area contributed by atoms with Gasteiger partial charge in [0, 0.05) is 19.6 Å². The zero-order valence-electron chi connectivity index (χ0n) is 12.1. The van der Waals surface area contributed by atoms with Gasteiger partial charge in [-0.1, -0.05) is 6.92 Å². The molecule has 2 atom stereocenters. The molecule has 0 aromatic rings. The van der Waals surface area contributed by atoms with E-state index in [0.29, 0.717) is 18.3 Å². The number of carbonyl (C=O) groups excluding carboxylic acids is 1. The second kappa shape index (κ2) is 6.71. The van der Waals surface area contributed by atoms with Crippen LogP contribution in [0.2, 0.25) is 0 Å². The van der Waals surface area contributed by atoms with E-state index in [4.69, 9.17) is 5.11 Å². The Morgan fingerprint density at radius 3 is 2.89 bits per heavy atom. The normalized spacial score (nSPS) is 26.7. The van der Waals surface area contributed by atoms with E-state index in [9.17, 15) is 4.79 Å².